The summed E-state index contributed by atoms with van der Waals surface area (Å²) in [6.07, 6.45) is 0. The van der Waals surface area contributed by atoms with Gasteiger partial charge in [-0.1, -0.05) is 48.5 Å². The van der Waals surface area contributed by atoms with Crippen LogP contribution >= 0.6 is 0 Å². The molecular weight excluding hydrogens is 260 g/mol. The second-order valence-electron chi connectivity index (χ2n) is 5.97. The van der Waals surface area contributed by atoms with Crippen LogP contribution in [-0.2, 0) is 11.3 Å². The van der Waals surface area contributed by atoms with E-state index in [0.29, 0.717) is 5.92 Å². The van der Waals surface area contributed by atoms with Crippen molar-refractivity contribution in [1.82, 2.24) is 4.90 Å². The highest BCUT2D eigenvalue weighted by Crippen LogP contribution is 2.40. The van der Waals surface area contributed by atoms with Gasteiger partial charge in [0.1, 0.15) is 0 Å². The molecule has 0 bridgehead atoms. The third kappa shape index (κ3) is 2.24. The Morgan fingerprint density at radius 2 is 1.67 bits per heavy atom. The fraction of sp³-hybridized carbons (Fsp3) is 0.278. The summed E-state index contributed by atoms with van der Waals surface area (Å²) >= 11 is 0. The summed E-state index contributed by atoms with van der Waals surface area (Å²) in [5.74, 6) is 0.594. The highest BCUT2D eigenvalue weighted by atomic mass is 16.2. The van der Waals surface area contributed by atoms with Crippen molar-refractivity contribution in [3.63, 3.8) is 0 Å². The zero-order valence-electron chi connectivity index (χ0n) is 11.8. The van der Waals surface area contributed by atoms with Crippen LogP contribution in [0.2, 0.25) is 0 Å². The van der Waals surface area contributed by atoms with E-state index in [1.807, 2.05) is 18.2 Å². The average molecular weight is 278 g/mol. The van der Waals surface area contributed by atoms with Crippen molar-refractivity contribution < 1.29 is 4.79 Å². The Bertz CT molecular complexity index is 668. The van der Waals surface area contributed by atoms with Gasteiger partial charge < -0.3 is 5.32 Å². The molecule has 0 aliphatic carbocycles. The number of para-hydroxylation sites is 1. The van der Waals surface area contributed by atoms with Gasteiger partial charge in [0, 0.05) is 31.2 Å². The quantitative estimate of drug-likeness (QED) is 0.916. The summed E-state index contributed by atoms with van der Waals surface area (Å²) in [4.78, 5) is 14.7. The fourth-order valence-corrected chi connectivity index (χ4v) is 3.60. The lowest BCUT2D eigenvalue weighted by atomic mass is 9.84. The molecule has 21 heavy (non-hydrogen) atoms. The van der Waals surface area contributed by atoms with E-state index in [0.717, 1.165) is 25.3 Å². The number of amides is 1. The van der Waals surface area contributed by atoms with Gasteiger partial charge in [0.2, 0.25) is 5.91 Å². The molecule has 2 aromatic carbocycles. The number of hydrogen-bond donors (Lipinski definition) is 1. The van der Waals surface area contributed by atoms with Crippen LogP contribution in [0.5, 0.6) is 0 Å². The Hall–Kier alpha value is -2.13. The lowest BCUT2D eigenvalue weighted by Gasteiger charge is -2.26. The van der Waals surface area contributed by atoms with E-state index in [1.165, 1.54) is 11.1 Å². The van der Waals surface area contributed by atoms with Crippen LogP contribution in [-0.4, -0.2) is 23.9 Å². The van der Waals surface area contributed by atoms with Gasteiger partial charge in [0.15, 0.2) is 0 Å². The van der Waals surface area contributed by atoms with Crippen LogP contribution in [0.3, 0.4) is 0 Å². The topological polar surface area (TPSA) is 32.3 Å². The van der Waals surface area contributed by atoms with Crippen molar-refractivity contribution in [2.24, 2.45) is 5.92 Å². The molecule has 0 unspecified atom stereocenters. The smallest absolute Gasteiger partial charge is 0.229 e. The van der Waals surface area contributed by atoms with Crippen LogP contribution in [0.15, 0.2) is 54.6 Å². The summed E-state index contributed by atoms with van der Waals surface area (Å²) in [5, 5.41) is 3.05. The molecule has 106 valence electrons. The Kier molecular flexibility index (Phi) is 3.00. The SMILES string of the molecule is O=C1Nc2ccccc2[C@@H]2CN(Cc3ccccc3)C[C@@H]12. The van der Waals surface area contributed by atoms with Crippen molar-refractivity contribution in [2.75, 3.05) is 18.4 Å². The maximum Gasteiger partial charge on any atom is 0.229 e. The summed E-state index contributed by atoms with van der Waals surface area (Å²) in [6, 6.07) is 18.7. The first-order chi connectivity index (χ1) is 10.3. The second-order valence-corrected chi connectivity index (χ2v) is 5.97. The Labute approximate surface area is 124 Å². The van der Waals surface area contributed by atoms with Gasteiger partial charge in [-0.3, -0.25) is 9.69 Å². The van der Waals surface area contributed by atoms with Crippen LogP contribution in [0.25, 0.3) is 0 Å². The highest BCUT2D eigenvalue weighted by molar-refractivity contribution is 5.97. The lowest BCUT2D eigenvalue weighted by molar-refractivity contribution is -0.120. The molecule has 4 rings (SSSR count). The van der Waals surface area contributed by atoms with Gasteiger partial charge in [0.05, 0.1) is 5.92 Å². The second kappa shape index (κ2) is 5.01. The number of anilines is 1. The molecule has 0 radical (unpaired) electrons. The minimum absolute atomic E-state index is 0.0867. The monoisotopic (exact) mass is 278 g/mol. The van der Waals surface area contributed by atoms with Crippen LogP contribution in [0.4, 0.5) is 5.69 Å². The number of benzene rings is 2. The molecular formula is C18H18N2O. The largest absolute Gasteiger partial charge is 0.326 e. The Balaban J connectivity index is 1.58. The number of carbonyl (C=O) groups is 1. The molecule has 3 nitrogen and oxygen atoms in total. The molecule has 0 spiro atoms. The van der Waals surface area contributed by atoms with Gasteiger partial charge in [-0.15, -0.1) is 0 Å². The molecule has 1 amide bonds. The summed E-state index contributed by atoms with van der Waals surface area (Å²) in [6.45, 7) is 2.73. The van der Waals surface area contributed by atoms with E-state index in [2.05, 4.69) is 46.6 Å². The molecule has 2 aliphatic heterocycles. The number of carbonyl (C=O) groups excluding carboxylic acids is 1. The third-order valence-corrected chi connectivity index (χ3v) is 4.60. The Morgan fingerprint density at radius 1 is 0.952 bits per heavy atom. The third-order valence-electron chi connectivity index (χ3n) is 4.60. The zero-order valence-corrected chi connectivity index (χ0v) is 11.8. The molecule has 2 heterocycles. The van der Waals surface area contributed by atoms with Gasteiger partial charge >= 0.3 is 0 Å². The first-order valence-corrected chi connectivity index (χ1v) is 7.47. The minimum Gasteiger partial charge on any atom is -0.326 e. The predicted molar refractivity (Wildman–Crippen MR) is 83.0 cm³/mol. The molecule has 2 aliphatic rings. The van der Waals surface area contributed by atoms with Crippen LogP contribution in [0.1, 0.15) is 17.0 Å². The highest BCUT2D eigenvalue weighted by Gasteiger charge is 2.42. The van der Waals surface area contributed by atoms with Crippen molar-refractivity contribution in [2.45, 2.75) is 12.5 Å². The van der Waals surface area contributed by atoms with Crippen molar-refractivity contribution in [1.29, 1.82) is 0 Å². The normalized spacial score (nSPS) is 24.3. The van der Waals surface area contributed by atoms with Gasteiger partial charge in [0.25, 0.3) is 0 Å². The molecule has 2 atom stereocenters. The summed E-state index contributed by atoms with van der Waals surface area (Å²) < 4.78 is 0. The molecule has 0 saturated carbocycles. The van der Waals surface area contributed by atoms with Crippen molar-refractivity contribution in [3.8, 4) is 0 Å². The van der Waals surface area contributed by atoms with E-state index >= 15 is 0 Å². The van der Waals surface area contributed by atoms with E-state index in [1.54, 1.807) is 0 Å². The first-order valence-electron chi connectivity index (χ1n) is 7.47. The number of nitrogens with zero attached hydrogens (tertiary/aromatic N) is 1. The van der Waals surface area contributed by atoms with E-state index in [4.69, 9.17) is 0 Å². The molecule has 1 saturated heterocycles. The van der Waals surface area contributed by atoms with E-state index in [9.17, 15) is 4.79 Å². The molecule has 1 fully saturated rings. The fourth-order valence-electron chi connectivity index (χ4n) is 3.60. The minimum atomic E-state index is 0.0867. The molecule has 1 N–H and O–H groups in total. The summed E-state index contributed by atoms with van der Waals surface area (Å²) in [7, 11) is 0. The average Bonchev–Trinajstić information content (AvgIpc) is 2.93. The Morgan fingerprint density at radius 3 is 2.52 bits per heavy atom. The van der Waals surface area contributed by atoms with E-state index < -0.39 is 0 Å². The van der Waals surface area contributed by atoms with Crippen LogP contribution in [0, 0.1) is 5.92 Å². The zero-order chi connectivity index (χ0) is 14.2. The number of nitrogens with one attached hydrogen (secondary N) is 1. The number of hydrogen-bond acceptors (Lipinski definition) is 2. The number of fused-ring (bicyclic) bond motifs is 3. The van der Waals surface area contributed by atoms with Gasteiger partial charge in [-0.2, -0.15) is 0 Å². The molecule has 3 heteroatoms. The van der Waals surface area contributed by atoms with Crippen LogP contribution < -0.4 is 5.32 Å². The maximum atomic E-state index is 12.3. The molecule has 2 aromatic rings. The number of rotatable bonds is 2. The maximum absolute atomic E-state index is 12.3. The van der Waals surface area contributed by atoms with Crippen molar-refractivity contribution in [3.05, 3.63) is 65.7 Å². The lowest BCUT2D eigenvalue weighted by Crippen LogP contribution is -2.33. The molecule has 0 aromatic heterocycles. The van der Waals surface area contributed by atoms with Gasteiger partial charge in [-0.05, 0) is 17.2 Å². The predicted octanol–water partition coefficient (Wildman–Crippen LogP) is 2.85. The standard InChI is InChI=1S/C18H18N2O/c21-18-16-12-20(10-13-6-2-1-3-7-13)11-15(16)14-8-4-5-9-17(14)19-18/h1-9,15-16H,10-12H2,(H,19,21)/t15-,16+/m0/s1. The number of likely N-dealkylation sites (tertiary alicyclic amines) is 1. The van der Waals surface area contributed by atoms with Crippen molar-refractivity contribution >= 4 is 11.6 Å². The van der Waals surface area contributed by atoms with Gasteiger partial charge in [-0.25, -0.2) is 0 Å². The summed E-state index contributed by atoms with van der Waals surface area (Å²) in [5.41, 5.74) is 3.59. The van der Waals surface area contributed by atoms with E-state index in [-0.39, 0.29) is 11.8 Å². The first kappa shape index (κ1) is 12.6.